The lowest BCUT2D eigenvalue weighted by molar-refractivity contribution is -0.384. The minimum Gasteiger partial charge on any atom is -0.258 e. The Morgan fingerprint density at radius 3 is 2.36 bits per heavy atom. The molecule has 0 unspecified atom stereocenters. The van der Waals surface area contributed by atoms with E-state index < -0.39 is 0 Å². The first-order chi connectivity index (χ1) is 12.0. The minimum absolute atomic E-state index is 0.0895. The van der Waals surface area contributed by atoms with Gasteiger partial charge in [-0.3, -0.25) is 20.1 Å². The van der Waals surface area contributed by atoms with E-state index in [4.69, 9.17) is 0 Å². The second-order valence-corrected chi connectivity index (χ2v) is 6.07. The molecule has 2 aromatic carbocycles. The molecule has 0 aliphatic carbocycles. The molecule has 5 heteroatoms. The summed E-state index contributed by atoms with van der Waals surface area (Å²) >= 11 is 0. The van der Waals surface area contributed by atoms with E-state index in [1.807, 2.05) is 50.2 Å². The van der Waals surface area contributed by atoms with Gasteiger partial charge in [0.1, 0.15) is 0 Å². The van der Waals surface area contributed by atoms with Gasteiger partial charge in [0, 0.05) is 28.2 Å². The number of hydrogen-bond acceptors (Lipinski definition) is 4. The largest absolute Gasteiger partial charge is 0.277 e. The van der Waals surface area contributed by atoms with Crippen molar-refractivity contribution in [3.05, 3.63) is 76.1 Å². The van der Waals surface area contributed by atoms with Gasteiger partial charge in [0.15, 0.2) is 0 Å². The third-order valence-corrected chi connectivity index (χ3v) is 4.30. The first-order valence-corrected chi connectivity index (χ1v) is 7.96. The number of nitro benzene ring substituents is 1. The van der Waals surface area contributed by atoms with Crippen LogP contribution in [0.25, 0.3) is 32.9 Å². The van der Waals surface area contributed by atoms with E-state index in [1.54, 1.807) is 12.1 Å². The SMILES string of the molecule is Cc1ccc2ccc3c(-c4ccccc4[N+](=O)[O-])cc(C)nc3c2n1. The van der Waals surface area contributed by atoms with Crippen LogP contribution in [0, 0.1) is 24.0 Å². The molecule has 0 saturated heterocycles. The zero-order chi connectivity index (χ0) is 17.6. The summed E-state index contributed by atoms with van der Waals surface area (Å²) in [7, 11) is 0. The lowest BCUT2D eigenvalue weighted by Gasteiger charge is -2.11. The predicted octanol–water partition coefficient (Wildman–Crippen LogP) is 4.98. The van der Waals surface area contributed by atoms with Crippen molar-refractivity contribution in [1.82, 2.24) is 9.97 Å². The predicted molar refractivity (Wildman–Crippen MR) is 98.6 cm³/mol. The average Bonchev–Trinajstić information content (AvgIpc) is 2.61. The van der Waals surface area contributed by atoms with Crippen LogP contribution in [-0.2, 0) is 0 Å². The second-order valence-electron chi connectivity index (χ2n) is 6.07. The maximum absolute atomic E-state index is 11.5. The number of hydrogen-bond donors (Lipinski definition) is 0. The Bertz CT molecular complexity index is 1150. The fourth-order valence-electron chi connectivity index (χ4n) is 3.18. The summed E-state index contributed by atoms with van der Waals surface area (Å²) < 4.78 is 0. The van der Waals surface area contributed by atoms with Crippen LogP contribution in [0.1, 0.15) is 11.4 Å². The van der Waals surface area contributed by atoms with Gasteiger partial charge in [0.05, 0.1) is 21.5 Å². The molecule has 2 heterocycles. The fraction of sp³-hybridized carbons (Fsp3) is 0.100. The smallest absolute Gasteiger partial charge is 0.258 e. The molecule has 25 heavy (non-hydrogen) atoms. The number of rotatable bonds is 2. The van der Waals surface area contributed by atoms with Crippen LogP contribution < -0.4 is 0 Å². The topological polar surface area (TPSA) is 68.9 Å². The number of nitrogens with zero attached hydrogens (tertiary/aromatic N) is 3. The summed E-state index contributed by atoms with van der Waals surface area (Å²) in [4.78, 5) is 20.4. The van der Waals surface area contributed by atoms with Gasteiger partial charge in [-0.1, -0.05) is 30.3 Å². The summed E-state index contributed by atoms with van der Waals surface area (Å²) in [6.07, 6.45) is 0. The Morgan fingerprint density at radius 1 is 0.840 bits per heavy atom. The highest BCUT2D eigenvalue weighted by Gasteiger charge is 2.18. The Morgan fingerprint density at radius 2 is 1.56 bits per heavy atom. The quantitative estimate of drug-likeness (QED) is 0.295. The van der Waals surface area contributed by atoms with Gasteiger partial charge in [0.2, 0.25) is 0 Å². The standard InChI is InChI=1S/C20H15N3O2/c1-12-7-8-14-9-10-16-17(11-13(2)22-20(16)19(14)21-12)15-5-3-4-6-18(15)23(24)25/h3-11H,1-2H3. The number of benzene rings is 2. The van der Waals surface area contributed by atoms with E-state index in [2.05, 4.69) is 9.97 Å². The number of para-hydroxylation sites is 1. The maximum atomic E-state index is 11.5. The molecule has 4 rings (SSSR count). The van der Waals surface area contributed by atoms with Crippen LogP contribution in [0.5, 0.6) is 0 Å². The Labute approximate surface area is 144 Å². The summed E-state index contributed by atoms with van der Waals surface area (Å²) in [5.74, 6) is 0. The average molecular weight is 329 g/mol. The van der Waals surface area contributed by atoms with Gasteiger partial charge in [0.25, 0.3) is 5.69 Å². The van der Waals surface area contributed by atoms with Gasteiger partial charge in [-0.05, 0) is 37.6 Å². The van der Waals surface area contributed by atoms with Gasteiger partial charge in [-0.15, -0.1) is 0 Å². The van der Waals surface area contributed by atoms with Crippen LogP contribution >= 0.6 is 0 Å². The Kier molecular flexibility index (Phi) is 3.42. The molecule has 0 radical (unpaired) electrons. The van der Waals surface area contributed by atoms with Crippen molar-refractivity contribution in [1.29, 1.82) is 0 Å². The van der Waals surface area contributed by atoms with Gasteiger partial charge >= 0.3 is 0 Å². The zero-order valence-electron chi connectivity index (χ0n) is 13.9. The highest BCUT2D eigenvalue weighted by molar-refractivity contribution is 6.09. The molecule has 0 spiro atoms. The van der Waals surface area contributed by atoms with Crippen molar-refractivity contribution in [2.75, 3.05) is 0 Å². The first-order valence-electron chi connectivity index (χ1n) is 7.96. The van der Waals surface area contributed by atoms with Crippen LogP contribution in [-0.4, -0.2) is 14.9 Å². The van der Waals surface area contributed by atoms with Crippen molar-refractivity contribution in [3.8, 4) is 11.1 Å². The number of aryl methyl sites for hydroxylation is 2. The van der Waals surface area contributed by atoms with Crippen LogP contribution in [0.15, 0.2) is 54.6 Å². The molecule has 0 N–H and O–H groups in total. The monoisotopic (exact) mass is 329 g/mol. The van der Waals surface area contributed by atoms with Gasteiger partial charge in [-0.2, -0.15) is 0 Å². The summed E-state index contributed by atoms with van der Waals surface area (Å²) in [5, 5.41) is 13.3. The van der Waals surface area contributed by atoms with E-state index in [0.717, 1.165) is 38.8 Å². The van der Waals surface area contributed by atoms with Crippen molar-refractivity contribution in [3.63, 3.8) is 0 Å². The molecule has 0 bridgehead atoms. The molecule has 0 saturated carbocycles. The highest BCUT2D eigenvalue weighted by atomic mass is 16.6. The molecule has 0 aliphatic heterocycles. The second kappa shape index (κ2) is 5.63. The third kappa shape index (κ3) is 2.50. The molecule has 4 aromatic rings. The number of aromatic nitrogens is 2. The van der Waals surface area contributed by atoms with Gasteiger partial charge in [-0.25, -0.2) is 0 Å². The zero-order valence-corrected chi connectivity index (χ0v) is 13.9. The molecule has 0 atom stereocenters. The van der Waals surface area contributed by atoms with Crippen molar-refractivity contribution < 1.29 is 4.92 Å². The number of pyridine rings is 2. The molecular weight excluding hydrogens is 314 g/mol. The first kappa shape index (κ1) is 15.2. The molecule has 2 aromatic heterocycles. The summed E-state index contributed by atoms with van der Waals surface area (Å²) in [6, 6.07) is 16.6. The number of nitro groups is 1. The Balaban J connectivity index is 2.14. The molecular formula is C20H15N3O2. The Hall–Kier alpha value is -3.34. The maximum Gasteiger partial charge on any atom is 0.277 e. The van der Waals surface area contributed by atoms with Crippen molar-refractivity contribution >= 4 is 27.5 Å². The molecule has 0 amide bonds. The van der Waals surface area contributed by atoms with E-state index >= 15 is 0 Å². The van der Waals surface area contributed by atoms with E-state index in [9.17, 15) is 10.1 Å². The molecule has 122 valence electrons. The molecule has 5 nitrogen and oxygen atoms in total. The summed E-state index contributed by atoms with van der Waals surface area (Å²) in [5.41, 5.74) is 4.80. The lowest BCUT2D eigenvalue weighted by Crippen LogP contribution is -1.95. The van der Waals surface area contributed by atoms with E-state index in [1.165, 1.54) is 6.07 Å². The van der Waals surface area contributed by atoms with Crippen molar-refractivity contribution in [2.24, 2.45) is 0 Å². The molecule has 0 fully saturated rings. The minimum atomic E-state index is -0.347. The normalized spacial score (nSPS) is 11.1. The van der Waals surface area contributed by atoms with E-state index in [-0.39, 0.29) is 10.6 Å². The highest BCUT2D eigenvalue weighted by Crippen LogP contribution is 2.36. The van der Waals surface area contributed by atoms with E-state index in [0.29, 0.717) is 5.56 Å². The molecule has 0 aliphatic rings. The van der Waals surface area contributed by atoms with Crippen LogP contribution in [0.4, 0.5) is 5.69 Å². The fourth-order valence-corrected chi connectivity index (χ4v) is 3.18. The van der Waals surface area contributed by atoms with Crippen molar-refractivity contribution in [2.45, 2.75) is 13.8 Å². The third-order valence-electron chi connectivity index (χ3n) is 4.30. The van der Waals surface area contributed by atoms with Crippen LogP contribution in [0.2, 0.25) is 0 Å². The van der Waals surface area contributed by atoms with Gasteiger partial charge < -0.3 is 0 Å². The lowest BCUT2D eigenvalue weighted by atomic mass is 9.97. The number of fused-ring (bicyclic) bond motifs is 3. The van der Waals surface area contributed by atoms with Crippen LogP contribution in [0.3, 0.4) is 0 Å². The summed E-state index contributed by atoms with van der Waals surface area (Å²) in [6.45, 7) is 3.84.